The summed E-state index contributed by atoms with van der Waals surface area (Å²) in [5.41, 5.74) is 0.708. The highest BCUT2D eigenvalue weighted by atomic mass is 79.9. The summed E-state index contributed by atoms with van der Waals surface area (Å²) in [7, 11) is 1.80. The van der Waals surface area contributed by atoms with Crippen molar-refractivity contribution in [1.82, 2.24) is 0 Å². The molecule has 0 aliphatic rings. The monoisotopic (exact) mass is 219 g/mol. The van der Waals surface area contributed by atoms with E-state index in [1.54, 1.807) is 13.1 Å². The molecular weight excluding hydrogens is 214 g/mol. The van der Waals surface area contributed by atoms with E-state index in [4.69, 9.17) is 0 Å². The molecule has 0 unspecified atom stereocenters. The number of carbonyl (C=O) groups is 1. The Hall–Kier alpha value is -0.350. The largest absolute Gasteiger partial charge is 0.379 e. The lowest BCUT2D eigenvalue weighted by Gasteiger charge is -1.91. The summed E-state index contributed by atoms with van der Waals surface area (Å²) in [5, 5.41) is 3.83. The molecule has 1 rings (SSSR count). The molecule has 0 atom stereocenters. The lowest BCUT2D eigenvalue weighted by molar-refractivity contribution is 0.112. The molecule has 0 aromatic carbocycles. The van der Waals surface area contributed by atoms with Gasteiger partial charge in [-0.1, -0.05) is 0 Å². The van der Waals surface area contributed by atoms with Crippen molar-refractivity contribution in [3.63, 3.8) is 0 Å². The zero-order valence-corrected chi connectivity index (χ0v) is 7.75. The van der Waals surface area contributed by atoms with Gasteiger partial charge in [-0.15, -0.1) is 11.3 Å². The number of carbonyl (C=O) groups excluding carboxylic acids is 1. The molecule has 0 saturated heterocycles. The Labute approximate surface area is 71.4 Å². The molecule has 4 heteroatoms. The second-order valence-electron chi connectivity index (χ2n) is 1.70. The van der Waals surface area contributed by atoms with Gasteiger partial charge in [-0.05, 0) is 22.0 Å². The minimum Gasteiger partial charge on any atom is -0.379 e. The van der Waals surface area contributed by atoms with E-state index in [2.05, 4.69) is 21.2 Å². The fourth-order valence-electron chi connectivity index (χ4n) is 0.657. The average Bonchev–Trinajstić information content (AvgIpc) is 2.30. The van der Waals surface area contributed by atoms with E-state index in [1.807, 2.05) is 0 Å². The van der Waals surface area contributed by atoms with Crippen molar-refractivity contribution in [2.45, 2.75) is 0 Å². The van der Waals surface area contributed by atoms with Gasteiger partial charge < -0.3 is 5.32 Å². The predicted octanol–water partition coefficient (Wildman–Crippen LogP) is 2.36. The van der Waals surface area contributed by atoms with Gasteiger partial charge in [-0.3, -0.25) is 4.79 Å². The van der Waals surface area contributed by atoms with Crippen LogP contribution in [0.15, 0.2) is 9.85 Å². The minimum absolute atomic E-state index is 0.708. The molecule has 10 heavy (non-hydrogen) atoms. The molecular formula is C6H6BrNOS. The zero-order chi connectivity index (χ0) is 7.56. The van der Waals surface area contributed by atoms with E-state index in [9.17, 15) is 4.79 Å². The lowest BCUT2D eigenvalue weighted by atomic mass is 10.3. The standard InChI is InChI=1S/C6H6BrNOS/c1-8-6-4(3-9)2-5(7)10-6/h2-3,8H,1H3. The molecule has 1 heterocycles. The molecule has 1 aromatic heterocycles. The van der Waals surface area contributed by atoms with Crippen LogP contribution in [0, 0.1) is 0 Å². The lowest BCUT2D eigenvalue weighted by Crippen LogP contribution is -1.87. The predicted molar refractivity (Wildman–Crippen MR) is 47.0 cm³/mol. The summed E-state index contributed by atoms with van der Waals surface area (Å²) >= 11 is 4.80. The molecule has 1 N–H and O–H groups in total. The van der Waals surface area contributed by atoms with Crippen molar-refractivity contribution < 1.29 is 4.79 Å². The summed E-state index contributed by atoms with van der Waals surface area (Å²) in [4.78, 5) is 10.3. The second kappa shape index (κ2) is 3.16. The van der Waals surface area contributed by atoms with Crippen LogP contribution in [0.4, 0.5) is 5.00 Å². The number of hydrogen-bond acceptors (Lipinski definition) is 3. The van der Waals surface area contributed by atoms with Crippen molar-refractivity contribution in [2.24, 2.45) is 0 Å². The number of rotatable bonds is 2. The van der Waals surface area contributed by atoms with E-state index in [1.165, 1.54) is 11.3 Å². The first-order valence-electron chi connectivity index (χ1n) is 2.70. The summed E-state index contributed by atoms with van der Waals surface area (Å²) < 4.78 is 0.971. The van der Waals surface area contributed by atoms with E-state index < -0.39 is 0 Å². The van der Waals surface area contributed by atoms with Crippen LogP contribution < -0.4 is 5.32 Å². The van der Waals surface area contributed by atoms with Gasteiger partial charge in [0.1, 0.15) is 0 Å². The fraction of sp³-hybridized carbons (Fsp3) is 0.167. The number of thiophene rings is 1. The third kappa shape index (κ3) is 1.38. The van der Waals surface area contributed by atoms with Gasteiger partial charge in [0.15, 0.2) is 6.29 Å². The summed E-state index contributed by atoms with van der Waals surface area (Å²) in [6.07, 6.45) is 0.840. The van der Waals surface area contributed by atoms with Gasteiger partial charge in [0, 0.05) is 12.6 Å². The van der Waals surface area contributed by atoms with E-state index in [0.29, 0.717) is 5.56 Å². The second-order valence-corrected chi connectivity index (χ2v) is 4.13. The van der Waals surface area contributed by atoms with Gasteiger partial charge >= 0.3 is 0 Å². The van der Waals surface area contributed by atoms with Gasteiger partial charge in [-0.25, -0.2) is 0 Å². The fourth-order valence-corrected chi connectivity index (χ4v) is 2.10. The number of halogens is 1. The Balaban J connectivity index is 3.08. The van der Waals surface area contributed by atoms with Crippen LogP contribution >= 0.6 is 27.3 Å². The van der Waals surface area contributed by atoms with Crippen LogP contribution in [0.5, 0.6) is 0 Å². The van der Waals surface area contributed by atoms with Crippen molar-refractivity contribution in [3.8, 4) is 0 Å². The molecule has 0 radical (unpaired) electrons. The summed E-state index contributed by atoms with van der Waals surface area (Å²) in [6.45, 7) is 0. The van der Waals surface area contributed by atoms with Crippen LogP contribution in [-0.2, 0) is 0 Å². The molecule has 0 aliphatic carbocycles. The SMILES string of the molecule is CNc1sc(Br)cc1C=O. The zero-order valence-electron chi connectivity index (χ0n) is 5.35. The van der Waals surface area contributed by atoms with E-state index in [0.717, 1.165) is 15.1 Å². The highest BCUT2D eigenvalue weighted by Crippen LogP contribution is 2.30. The number of anilines is 1. The average molecular weight is 220 g/mol. The summed E-state index contributed by atoms with van der Waals surface area (Å²) in [6, 6.07) is 1.80. The van der Waals surface area contributed by atoms with Gasteiger partial charge in [0.05, 0.1) is 8.79 Å². The number of aldehydes is 1. The molecule has 1 aromatic rings. The topological polar surface area (TPSA) is 29.1 Å². The van der Waals surface area contributed by atoms with Crippen LogP contribution in [0.3, 0.4) is 0 Å². The minimum atomic E-state index is 0.708. The van der Waals surface area contributed by atoms with Crippen LogP contribution in [0.2, 0.25) is 0 Å². The Kier molecular flexibility index (Phi) is 2.45. The highest BCUT2D eigenvalue weighted by molar-refractivity contribution is 9.11. The first kappa shape index (κ1) is 7.75. The molecule has 0 amide bonds. The van der Waals surface area contributed by atoms with Gasteiger partial charge in [0.25, 0.3) is 0 Å². The Morgan fingerprint density at radius 3 is 2.90 bits per heavy atom. The quantitative estimate of drug-likeness (QED) is 0.775. The maximum atomic E-state index is 10.3. The Morgan fingerprint density at radius 1 is 1.80 bits per heavy atom. The maximum absolute atomic E-state index is 10.3. The Morgan fingerprint density at radius 2 is 2.50 bits per heavy atom. The van der Waals surface area contributed by atoms with Crippen molar-refractivity contribution in [3.05, 3.63) is 15.4 Å². The third-order valence-electron chi connectivity index (χ3n) is 1.08. The van der Waals surface area contributed by atoms with E-state index in [-0.39, 0.29) is 0 Å². The number of hydrogen-bond donors (Lipinski definition) is 1. The summed E-state index contributed by atoms with van der Waals surface area (Å²) in [5.74, 6) is 0. The normalized spacial score (nSPS) is 9.40. The smallest absolute Gasteiger partial charge is 0.153 e. The molecule has 0 fully saturated rings. The number of nitrogens with one attached hydrogen (secondary N) is 1. The molecule has 0 spiro atoms. The van der Waals surface area contributed by atoms with Gasteiger partial charge in [0.2, 0.25) is 0 Å². The third-order valence-corrected chi connectivity index (χ3v) is 2.76. The molecule has 54 valence electrons. The van der Waals surface area contributed by atoms with Crippen molar-refractivity contribution in [2.75, 3.05) is 12.4 Å². The van der Waals surface area contributed by atoms with E-state index >= 15 is 0 Å². The van der Waals surface area contributed by atoms with Crippen LogP contribution in [0.25, 0.3) is 0 Å². The molecule has 0 bridgehead atoms. The maximum Gasteiger partial charge on any atom is 0.153 e. The molecule has 0 saturated carbocycles. The molecule has 0 aliphatic heterocycles. The highest BCUT2D eigenvalue weighted by Gasteiger charge is 2.03. The van der Waals surface area contributed by atoms with Gasteiger partial charge in [-0.2, -0.15) is 0 Å². The van der Waals surface area contributed by atoms with Crippen LogP contribution in [-0.4, -0.2) is 13.3 Å². The van der Waals surface area contributed by atoms with Crippen molar-refractivity contribution >= 4 is 38.6 Å². The van der Waals surface area contributed by atoms with Crippen LogP contribution in [0.1, 0.15) is 10.4 Å². The van der Waals surface area contributed by atoms with Crippen molar-refractivity contribution in [1.29, 1.82) is 0 Å². The molecule has 2 nitrogen and oxygen atoms in total. The Bertz CT molecular complexity index is 246. The first-order valence-corrected chi connectivity index (χ1v) is 4.31. The first-order chi connectivity index (χ1) is 4.77.